The Balaban J connectivity index is 1.77. The molecule has 1 amide bonds. The van der Waals surface area contributed by atoms with E-state index in [1.54, 1.807) is 25.3 Å². The number of rotatable bonds is 8. The van der Waals surface area contributed by atoms with Crippen molar-refractivity contribution in [1.82, 2.24) is 0 Å². The molecule has 3 rings (SSSR count). The van der Waals surface area contributed by atoms with Gasteiger partial charge in [0, 0.05) is 22.9 Å². The van der Waals surface area contributed by atoms with Crippen LogP contribution in [0.3, 0.4) is 0 Å². The molecule has 5 nitrogen and oxygen atoms in total. The molecule has 0 spiro atoms. The molecule has 0 saturated carbocycles. The lowest BCUT2D eigenvalue weighted by atomic mass is 10.1. The zero-order chi connectivity index (χ0) is 19.8. The standard InChI is InChI=1S/C23H23NO4/c1-3-27-22-13-12-17(23(25)24-19-8-5-4-6-9-19)14-18(22)16-28-21-11-7-10-20(15-21)26-2/h4-15H,3,16H2,1-2H3,(H,24,25). The molecule has 144 valence electrons. The second-order valence-corrected chi connectivity index (χ2v) is 6.04. The van der Waals surface area contributed by atoms with Crippen LogP contribution in [0.1, 0.15) is 22.8 Å². The Morgan fingerprint density at radius 2 is 1.68 bits per heavy atom. The van der Waals surface area contributed by atoms with Crippen molar-refractivity contribution in [2.24, 2.45) is 0 Å². The number of carbonyl (C=O) groups excluding carboxylic acids is 1. The number of carbonyl (C=O) groups is 1. The monoisotopic (exact) mass is 377 g/mol. The van der Waals surface area contributed by atoms with Crippen LogP contribution in [-0.4, -0.2) is 19.6 Å². The third kappa shape index (κ3) is 5.04. The highest BCUT2D eigenvalue weighted by Gasteiger charge is 2.12. The molecule has 3 aromatic carbocycles. The van der Waals surface area contributed by atoms with Gasteiger partial charge in [0.1, 0.15) is 23.9 Å². The molecule has 0 aliphatic heterocycles. The third-order valence-electron chi connectivity index (χ3n) is 4.09. The summed E-state index contributed by atoms with van der Waals surface area (Å²) in [6.45, 7) is 2.72. The van der Waals surface area contributed by atoms with Gasteiger partial charge in [-0.2, -0.15) is 0 Å². The molecule has 0 saturated heterocycles. The van der Waals surface area contributed by atoms with E-state index in [4.69, 9.17) is 14.2 Å². The number of hydrogen-bond donors (Lipinski definition) is 1. The van der Waals surface area contributed by atoms with Crippen molar-refractivity contribution in [3.05, 3.63) is 83.9 Å². The van der Waals surface area contributed by atoms with Gasteiger partial charge in [-0.25, -0.2) is 0 Å². The van der Waals surface area contributed by atoms with Crippen LogP contribution < -0.4 is 19.5 Å². The fourth-order valence-electron chi connectivity index (χ4n) is 2.71. The number of methoxy groups -OCH3 is 1. The summed E-state index contributed by atoms with van der Waals surface area (Å²) in [6, 6.07) is 22.1. The first-order valence-electron chi connectivity index (χ1n) is 9.08. The van der Waals surface area contributed by atoms with Gasteiger partial charge in [-0.05, 0) is 49.4 Å². The van der Waals surface area contributed by atoms with Crippen molar-refractivity contribution in [2.45, 2.75) is 13.5 Å². The molecule has 0 fully saturated rings. The molecule has 0 bridgehead atoms. The average molecular weight is 377 g/mol. The van der Waals surface area contributed by atoms with E-state index in [1.807, 2.05) is 61.5 Å². The van der Waals surface area contributed by atoms with E-state index in [1.165, 1.54) is 0 Å². The average Bonchev–Trinajstić information content (AvgIpc) is 2.74. The van der Waals surface area contributed by atoms with Gasteiger partial charge in [-0.15, -0.1) is 0 Å². The molecule has 0 unspecified atom stereocenters. The maximum absolute atomic E-state index is 12.6. The predicted molar refractivity (Wildman–Crippen MR) is 109 cm³/mol. The van der Waals surface area contributed by atoms with E-state index >= 15 is 0 Å². The van der Waals surface area contributed by atoms with Gasteiger partial charge in [0.05, 0.1) is 13.7 Å². The van der Waals surface area contributed by atoms with E-state index in [0.29, 0.717) is 23.7 Å². The number of anilines is 1. The lowest BCUT2D eigenvalue weighted by molar-refractivity contribution is 0.102. The van der Waals surface area contributed by atoms with Crippen molar-refractivity contribution in [1.29, 1.82) is 0 Å². The molecule has 0 aromatic heterocycles. The summed E-state index contributed by atoms with van der Waals surface area (Å²) in [5.41, 5.74) is 2.08. The van der Waals surface area contributed by atoms with Crippen LogP contribution in [0, 0.1) is 0 Å². The first-order chi connectivity index (χ1) is 13.7. The van der Waals surface area contributed by atoms with E-state index in [2.05, 4.69) is 5.32 Å². The molecule has 0 aliphatic carbocycles. The first kappa shape index (κ1) is 19.3. The van der Waals surface area contributed by atoms with Gasteiger partial charge in [-0.1, -0.05) is 24.3 Å². The highest BCUT2D eigenvalue weighted by Crippen LogP contribution is 2.25. The maximum Gasteiger partial charge on any atom is 0.255 e. The predicted octanol–water partition coefficient (Wildman–Crippen LogP) is 4.93. The second kappa shape index (κ2) is 9.46. The summed E-state index contributed by atoms with van der Waals surface area (Å²) in [7, 11) is 1.61. The molecular formula is C23H23NO4. The van der Waals surface area contributed by atoms with Crippen molar-refractivity contribution in [3.8, 4) is 17.2 Å². The Bertz CT molecular complexity index is 925. The molecular weight excluding hydrogens is 354 g/mol. The van der Waals surface area contributed by atoms with Crippen molar-refractivity contribution >= 4 is 11.6 Å². The fraction of sp³-hybridized carbons (Fsp3) is 0.174. The summed E-state index contributed by atoms with van der Waals surface area (Å²) >= 11 is 0. The maximum atomic E-state index is 12.6. The number of ether oxygens (including phenoxy) is 3. The fourth-order valence-corrected chi connectivity index (χ4v) is 2.71. The Labute approximate surface area is 164 Å². The van der Waals surface area contributed by atoms with Gasteiger partial charge < -0.3 is 19.5 Å². The molecule has 0 atom stereocenters. The van der Waals surface area contributed by atoms with Gasteiger partial charge in [0.25, 0.3) is 5.91 Å². The minimum atomic E-state index is -0.183. The van der Waals surface area contributed by atoms with Crippen molar-refractivity contribution in [2.75, 3.05) is 19.0 Å². The summed E-state index contributed by atoms with van der Waals surface area (Å²) in [5.74, 6) is 1.91. The van der Waals surface area contributed by atoms with E-state index in [0.717, 1.165) is 17.0 Å². The van der Waals surface area contributed by atoms with Gasteiger partial charge >= 0.3 is 0 Å². The number of benzene rings is 3. The van der Waals surface area contributed by atoms with Crippen LogP contribution in [0.5, 0.6) is 17.2 Å². The van der Waals surface area contributed by atoms with Crippen LogP contribution in [0.2, 0.25) is 0 Å². The van der Waals surface area contributed by atoms with Crippen molar-refractivity contribution < 1.29 is 19.0 Å². The lowest BCUT2D eigenvalue weighted by Crippen LogP contribution is -2.13. The second-order valence-electron chi connectivity index (χ2n) is 6.04. The minimum Gasteiger partial charge on any atom is -0.497 e. The topological polar surface area (TPSA) is 56.8 Å². The Kier molecular flexibility index (Phi) is 6.52. The summed E-state index contributed by atoms with van der Waals surface area (Å²) < 4.78 is 16.8. The van der Waals surface area contributed by atoms with Gasteiger partial charge in [0.2, 0.25) is 0 Å². The van der Waals surface area contributed by atoms with Gasteiger partial charge in [-0.3, -0.25) is 4.79 Å². The summed E-state index contributed by atoms with van der Waals surface area (Å²) in [4.78, 5) is 12.6. The van der Waals surface area contributed by atoms with E-state index in [9.17, 15) is 4.79 Å². The lowest BCUT2D eigenvalue weighted by Gasteiger charge is -2.14. The molecule has 5 heteroatoms. The minimum absolute atomic E-state index is 0.183. The molecule has 28 heavy (non-hydrogen) atoms. The smallest absolute Gasteiger partial charge is 0.255 e. The number of amides is 1. The highest BCUT2D eigenvalue weighted by atomic mass is 16.5. The Hall–Kier alpha value is -3.47. The molecule has 0 radical (unpaired) electrons. The normalized spacial score (nSPS) is 10.2. The largest absolute Gasteiger partial charge is 0.497 e. The number of para-hydroxylation sites is 1. The number of nitrogens with one attached hydrogen (secondary N) is 1. The molecule has 1 N–H and O–H groups in total. The van der Waals surface area contributed by atoms with Crippen molar-refractivity contribution in [3.63, 3.8) is 0 Å². The Morgan fingerprint density at radius 3 is 2.43 bits per heavy atom. The highest BCUT2D eigenvalue weighted by molar-refractivity contribution is 6.04. The van der Waals surface area contributed by atoms with Crippen LogP contribution in [0.25, 0.3) is 0 Å². The quantitative estimate of drug-likeness (QED) is 0.605. The van der Waals surface area contributed by atoms with Crippen LogP contribution in [-0.2, 0) is 6.61 Å². The molecule has 0 aliphatic rings. The zero-order valence-electron chi connectivity index (χ0n) is 16.0. The third-order valence-corrected chi connectivity index (χ3v) is 4.09. The van der Waals surface area contributed by atoms with Crippen LogP contribution in [0.15, 0.2) is 72.8 Å². The van der Waals surface area contributed by atoms with E-state index in [-0.39, 0.29) is 12.5 Å². The van der Waals surface area contributed by atoms with Crippen LogP contribution in [0.4, 0.5) is 5.69 Å². The van der Waals surface area contributed by atoms with E-state index < -0.39 is 0 Å². The SMILES string of the molecule is CCOc1ccc(C(=O)Nc2ccccc2)cc1COc1cccc(OC)c1. The zero-order valence-corrected chi connectivity index (χ0v) is 16.0. The molecule has 0 heterocycles. The summed E-state index contributed by atoms with van der Waals surface area (Å²) in [6.07, 6.45) is 0. The summed E-state index contributed by atoms with van der Waals surface area (Å²) in [5, 5.41) is 2.89. The molecule has 3 aromatic rings. The number of hydrogen-bond acceptors (Lipinski definition) is 4. The Morgan fingerprint density at radius 1 is 0.893 bits per heavy atom. The van der Waals surface area contributed by atoms with Crippen LogP contribution >= 0.6 is 0 Å². The van der Waals surface area contributed by atoms with Gasteiger partial charge in [0.15, 0.2) is 0 Å². The first-order valence-corrected chi connectivity index (χ1v) is 9.08.